The van der Waals surface area contributed by atoms with Crippen LogP contribution in [0.25, 0.3) is 0 Å². The second-order valence-electron chi connectivity index (χ2n) is 8.23. The highest BCUT2D eigenvalue weighted by atomic mass is 32.1. The van der Waals surface area contributed by atoms with Gasteiger partial charge in [-0.1, -0.05) is 0 Å². The molecule has 162 valence electrons. The lowest BCUT2D eigenvalue weighted by Crippen LogP contribution is -2.38. The highest BCUT2D eigenvalue weighted by Crippen LogP contribution is 2.43. The van der Waals surface area contributed by atoms with Gasteiger partial charge in [0.2, 0.25) is 11.9 Å². The SMILES string of the molecule is COC(=O)c1cnc(N2CCc3c(sc4c3C(=O)N(C)CC(=O)N4CC3CC3)C2)nc1. The van der Waals surface area contributed by atoms with Gasteiger partial charge in [-0.2, -0.15) is 0 Å². The summed E-state index contributed by atoms with van der Waals surface area (Å²) >= 11 is 1.53. The molecule has 3 aliphatic rings. The summed E-state index contributed by atoms with van der Waals surface area (Å²) in [7, 11) is 3.01. The fourth-order valence-electron chi connectivity index (χ4n) is 4.09. The largest absolute Gasteiger partial charge is 0.465 e. The molecule has 2 aromatic rings. The topological polar surface area (TPSA) is 95.9 Å². The molecule has 4 heterocycles. The molecule has 0 bridgehead atoms. The van der Waals surface area contributed by atoms with Crippen LogP contribution < -0.4 is 9.80 Å². The minimum absolute atomic E-state index is 0.0151. The lowest BCUT2D eigenvalue weighted by atomic mass is 10.0. The Kier molecular flexibility index (Phi) is 4.88. The molecular formula is C21H23N5O4S. The minimum atomic E-state index is -0.475. The van der Waals surface area contributed by atoms with Crippen LogP contribution in [0.5, 0.6) is 0 Å². The van der Waals surface area contributed by atoms with Crippen LogP contribution >= 0.6 is 11.3 Å². The maximum Gasteiger partial charge on any atom is 0.341 e. The Morgan fingerprint density at radius 3 is 2.65 bits per heavy atom. The maximum atomic E-state index is 13.1. The Hall–Kier alpha value is -3.01. The highest BCUT2D eigenvalue weighted by molar-refractivity contribution is 7.17. The van der Waals surface area contributed by atoms with Crippen molar-refractivity contribution in [2.75, 3.05) is 43.6 Å². The van der Waals surface area contributed by atoms with Crippen molar-refractivity contribution >= 4 is 40.1 Å². The van der Waals surface area contributed by atoms with Gasteiger partial charge < -0.3 is 19.4 Å². The molecule has 0 N–H and O–H groups in total. The van der Waals surface area contributed by atoms with E-state index >= 15 is 0 Å². The van der Waals surface area contributed by atoms with E-state index in [1.165, 1.54) is 35.7 Å². The van der Waals surface area contributed by atoms with Gasteiger partial charge in [-0.25, -0.2) is 14.8 Å². The maximum absolute atomic E-state index is 13.1. The number of nitrogens with zero attached hydrogens (tertiary/aromatic N) is 5. The lowest BCUT2D eigenvalue weighted by molar-refractivity contribution is -0.119. The number of methoxy groups -OCH3 is 1. The number of hydrogen-bond donors (Lipinski definition) is 0. The first-order valence-electron chi connectivity index (χ1n) is 10.3. The number of thiophene rings is 1. The molecule has 0 radical (unpaired) electrons. The van der Waals surface area contributed by atoms with Gasteiger partial charge >= 0.3 is 5.97 Å². The predicted molar refractivity (Wildman–Crippen MR) is 114 cm³/mol. The summed E-state index contributed by atoms with van der Waals surface area (Å²) in [5, 5.41) is 0.792. The van der Waals surface area contributed by atoms with Gasteiger partial charge in [0, 0.05) is 37.4 Å². The number of esters is 1. The third kappa shape index (κ3) is 3.54. The Morgan fingerprint density at radius 2 is 1.97 bits per heavy atom. The Balaban J connectivity index is 1.46. The summed E-state index contributed by atoms with van der Waals surface area (Å²) < 4.78 is 4.70. The number of hydrogen-bond acceptors (Lipinski definition) is 8. The molecule has 0 atom stereocenters. The molecule has 1 aliphatic carbocycles. The number of anilines is 2. The van der Waals surface area contributed by atoms with E-state index in [1.54, 1.807) is 7.05 Å². The van der Waals surface area contributed by atoms with E-state index in [9.17, 15) is 14.4 Å². The van der Waals surface area contributed by atoms with E-state index in [2.05, 4.69) is 9.97 Å². The zero-order valence-electron chi connectivity index (χ0n) is 17.5. The summed E-state index contributed by atoms with van der Waals surface area (Å²) in [5.74, 6) is 0.492. The van der Waals surface area contributed by atoms with Gasteiger partial charge in [-0.15, -0.1) is 11.3 Å². The highest BCUT2D eigenvalue weighted by Gasteiger charge is 2.39. The van der Waals surface area contributed by atoms with Crippen LogP contribution in [0.4, 0.5) is 10.9 Å². The van der Waals surface area contributed by atoms with Crippen molar-refractivity contribution in [1.29, 1.82) is 0 Å². The molecule has 2 amide bonds. The summed E-state index contributed by atoms with van der Waals surface area (Å²) in [4.78, 5) is 52.7. The van der Waals surface area contributed by atoms with Crippen molar-refractivity contribution in [1.82, 2.24) is 14.9 Å². The number of rotatable bonds is 4. The van der Waals surface area contributed by atoms with Gasteiger partial charge in [-0.3, -0.25) is 9.59 Å². The molecular weight excluding hydrogens is 418 g/mol. The average molecular weight is 442 g/mol. The first-order valence-corrected chi connectivity index (χ1v) is 11.1. The molecule has 0 spiro atoms. The molecule has 1 saturated carbocycles. The second-order valence-corrected chi connectivity index (χ2v) is 9.31. The van der Waals surface area contributed by atoms with Crippen LogP contribution in [0.1, 0.15) is 44.0 Å². The van der Waals surface area contributed by atoms with Crippen LogP contribution in [-0.2, 0) is 22.5 Å². The van der Waals surface area contributed by atoms with E-state index in [0.717, 1.165) is 28.3 Å². The normalized spacial score (nSPS) is 18.6. The minimum Gasteiger partial charge on any atom is -0.465 e. The number of likely N-dealkylation sites (N-methyl/N-ethyl adjacent to an activating group) is 1. The van der Waals surface area contributed by atoms with Gasteiger partial charge in [0.25, 0.3) is 5.91 Å². The molecule has 9 nitrogen and oxygen atoms in total. The summed E-state index contributed by atoms with van der Waals surface area (Å²) in [6, 6.07) is 0. The molecule has 2 aliphatic heterocycles. The van der Waals surface area contributed by atoms with Crippen LogP contribution in [0, 0.1) is 5.92 Å². The third-order valence-corrected chi connectivity index (χ3v) is 7.24. The number of amides is 2. The lowest BCUT2D eigenvalue weighted by Gasteiger charge is -2.27. The van der Waals surface area contributed by atoms with Crippen LogP contribution in [0.3, 0.4) is 0 Å². The van der Waals surface area contributed by atoms with E-state index in [1.807, 2.05) is 9.80 Å². The fraction of sp³-hybridized carbons (Fsp3) is 0.476. The molecule has 0 unspecified atom stereocenters. The molecule has 5 rings (SSSR count). The van der Waals surface area contributed by atoms with E-state index in [0.29, 0.717) is 49.0 Å². The number of aromatic nitrogens is 2. The van der Waals surface area contributed by atoms with Crippen LogP contribution in [-0.4, -0.2) is 66.4 Å². The molecule has 10 heteroatoms. The summed E-state index contributed by atoms with van der Waals surface area (Å²) in [6.07, 6.45) is 5.87. The standard InChI is InChI=1S/C21H23N5O4S/c1-24-11-16(27)26(9-12-3-4-12)19-17(18(24)28)14-5-6-25(10-15(14)31-19)21-22-7-13(8-23-21)20(29)30-2/h7-8,12H,3-6,9-11H2,1-2H3. The number of fused-ring (bicyclic) bond motifs is 3. The molecule has 2 aromatic heterocycles. The van der Waals surface area contributed by atoms with Crippen molar-refractivity contribution < 1.29 is 19.1 Å². The van der Waals surface area contributed by atoms with Crippen molar-refractivity contribution in [3.8, 4) is 0 Å². The van der Waals surface area contributed by atoms with Crippen molar-refractivity contribution in [3.63, 3.8) is 0 Å². The monoisotopic (exact) mass is 441 g/mol. The van der Waals surface area contributed by atoms with Crippen molar-refractivity contribution in [2.24, 2.45) is 5.92 Å². The fourth-order valence-corrected chi connectivity index (χ4v) is 5.47. The number of carbonyl (C=O) groups is 3. The smallest absolute Gasteiger partial charge is 0.341 e. The Bertz CT molecular complexity index is 1060. The zero-order valence-corrected chi connectivity index (χ0v) is 18.3. The van der Waals surface area contributed by atoms with E-state index in [-0.39, 0.29) is 18.4 Å². The Labute approximate surface area is 183 Å². The molecule has 0 saturated heterocycles. The van der Waals surface area contributed by atoms with Gasteiger partial charge in [0.05, 0.1) is 24.8 Å². The van der Waals surface area contributed by atoms with Crippen molar-refractivity contribution in [2.45, 2.75) is 25.8 Å². The van der Waals surface area contributed by atoms with E-state index in [4.69, 9.17) is 4.74 Å². The second kappa shape index (κ2) is 7.60. The first kappa shape index (κ1) is 19.9. The molecule has 0 aromatic carbocycles. The average Bonchev–Trinajstić information content (AvgIpc) is 3.54. The van der Waals surface area contributed by atoms with Crippen LogP contribution in [0.15, 0.2) is 12.4 Å². The summed E-state index contributed by atoms with van der Waals surface area (Å²) in [5.41, 5.74) is 2.03. The Morgan fingerprint density at radius 1 is 1.23 bits per heavy atom. The van der Waals surface area contributed by atoms with Gasteiger partial charge in [0.1, 0.15) is 11.5 Å². The molecule has 31 heavy (non-hydrogen) atoms. The molecule has 1 fully saturated rings. The zero-order chi connectivity index (χ0) is 21.7. The van der Waals surface area contributed by atoms with Gasteiger partial charge in [0.15, 0.2) is 0 Å². The van der Waals surface area contributed by atoms with Crippen LogP contribution in [0.2, 0.25) is 0 Å². The summed E-state index contributed by atoms with van der Waals surface area (Å²) in [6.45, 7) is 2.02. The quantitative estimate of drug-likeness (QED) is 0.667. The number of ether oxygens (including phenoxy) is 1. The number of carbonyl (C=O) groups excluding carboxylic acids is 3. The third-order valence-electron chi connectivity index (χ3n) is 6.00. The first-order chi connectivity index (χ1) is 15.0. The van der Waals surface area contributed by atoms with Gasteiger partial charge in [-0.05, 0) is 30.7 Å². The predicted octanol–water partition coefficient (Wildman–Crippen LogP) is 1.72. The van der Waals surface area contributed by atoms with Crippen molar-refractivity contribution in [3.05, 3.63) is 34.0 Å². The van der Waals surface area contributed by atoms with E-state index < -0.39 is 5.97 Å².